The van der Waals surface area contributed by atoms with Gasteiger partial charge in [-0.2, -0.15) is 5.10 Å². The number of aryl methyl sites for hydroxylation is 1. The Labute approximate surface area is 127 Å². The second-order valence-electron chi connectivity index (χ2n) is 6.05. The van der Waals surface area contributed by atoms with E-state index in [-0.39, 0.29) is 6.04 Å². The van der Waals surface area contributed by atoms with Gasteiger partial charge < -0.3 is 9.67 Å². The van der Waals surface area contributed by atoms with E-state index in [4.69, 9.17) is 5.10 Å². The summed E-state index contributed by atoms with van der Waals surface area (Å²) in [4.78, 5) is 4.29. The van der Waals surface area contributed by atoms with Crippen molar-refractivity contribution < 1.29 is 5.11 Å². The van der Waals surface area contributed by atoms with Gasteiger partial charge in [-0.25, -0.2) is 4.98 Å². The van der Waals surface area contributed by atoms with Gasteiger partial charge >= 0.3 is 0 Å². The molecule has 3 aromatic rings. The molecule has 110 valence electrons. The lowest BCUT2D eigenvalue weighted by Crippen LogP contribution is -2.15. The van der Waals surface area contributed by atoms with Gasteiger partial charge in [0.2, 0.25) is 0 Å². The molecular formula is C17H16N4O. The van der Waals surface area contributed by atoms with Crippen LogP contribution in [0.15, 0.2) is 42.9 Å². The van der Waals surface area contributed by atoms with Gasteiger partial charge in [0.05, 0.1) is 35.7 Å². The normalized spacial score (nSPS) is 22.2. The van der Waals surface area contributed by atoms with Crippen LogP contribution in [0.3, 0.4) is 0 Å². The van der Waals surface area contributed by atoms with Gasteiger partial charge in [0.25, 0.3) is 0 Å². The average Bonchev–Trinajstić information content (AvgIpc) is 3.20. The van der Waals surface area contributed by atoms with Crippen molar-refractivity contribution in [2.45, 2.75) is 31.5 Å². The average molecular weight is 292 g/mol. The largest absolute Gasteiger partial charge is 0.387 e. The van der Waals surface area contributed by atoms with Crippen molar-refractivity contribution in [3.8, 4) is 11.3 Å². The monoisotopic (exact) mass is 292 g/mol. The number of nitrogens with zero attached hydrogens (tertiary/aromatic N) is 4. The topological polar surface area (TPSA) is 55.9 Å². The summed E-state index contributed by atoms with van der Waals surface area (Å²) in [6.07, 6.45) is 5.18. The van der Waals surface area contributed by atoms with Crippen molar-refractivity contribution in [3.63, 3.8) is 0 Å². The lowest BCUT2D eigenvalue weighted by molar-refractivity contribution is 0.135. The maximum Gasteiger partial charge on any atom is 0.105 e. The minimum Gasteiger partial charge on any atom is -0.387 e. The lowest BCUT2D eigenvalue weighted by Gasteiger charge is -2.18. The van der Waals surface area contributed by atoms with Crippen LogP contribution in [0.25, 0.3) is 11.3 Å². The molecule has 2 aliphatic heterocycles. The van der Waals surface area contributed by atoms with Gasteiger partial charge in [-0.15, -0.1) is 0 Å². The van der Waals surface area contributed by atoms with Crippen molar-refractivity contribution in [3.05, 3.63) is 59.8 Å². The van der Waals surface area contributed by atoms with Crippen LogP contribution in [0, 0.1) is 0 Å². The molecule has 0 bridgehead atoms. The van der Waals surface area contributed by atoms with E-state index >= 15 is 0 Å². The summed E-state index contributed by atoms with van der Waals surface area (Å²) in [7, 11) is 0. The summed E-state index contributed by atoms with van der Waals surface area (Å²) in [6, 6.07) is 10.5. The first-order valence-corrected chi connectivity index (χ1v) is 7.70. The van der Waals surface area contributed by atoms with Crippen LogP contribution in [0.5, 0.6) is 0 Å². The van der Waals surface area contributed by atoms with Crippen LogP contribution in [0.1, 0.15) is 41.9 Å². The molecule has 0 fully saturated rings. The molecule has 22 heavy (non-hydrogen) atoms. The first-order chi connectivity index (χ1) is 10.8. The molecule has 4 heterocycles. The van der Waals surface area contributed by atoms with E-state index in [0.29, 0.717) is 0 Å². The molecule has 1 N–H and O–H groups in total. The molecule has 0 saturated carbocycles. The summed E-state index contributed by atoms with van der Waals surface area (Å²) in [5.74, 6) is 0. The Kier molecular flexibility index (Phi) is 2.38. The van der Waals surface area contributed by atoms with Gasteiger partial charge in [0.15, 0.2) is 0 Å². The van der Waals surface area contributed by atoms with E-state index in [0.717, 1.165) is 36.5 Å². The third-order valence-corrected chi connectivity index (χ3v) is 4.77. The lowest BCUT2D eigenvalue weighted by atomic mass is 10.00. The molecule has 5 heteroatoms. The highest BCUT2D eigenvalue weighted by atomic mass is 16.3. The zero-order valence-corrected chi connectivity index (χ0v) is 12.1. The van der Waals surface area contributed by atoms with Crippen molar-refractivity contribution in [2.75, 3.05) is 0 Å². The van der Waals surface area contributed by atoms with Gasteiger partial charge in [-0.3, -0.25) is 4.68 Å². The molecule has 2 aromatic heterocycles. The Hall–Kier alpha value is -2.40. The molecule has 0 aliphatic carbocycles. The summed E-state index contributed by atoms with van der Waals surface area (Å²) in [5, 5.41) is 15.0. The Bertz CT molecular complexity index is 863. The van der Waals surface area contributed by atoms with Crippen LogP contribution >= 0.6 is 0 Å². The molecule has 5 rings (SSSR count). The molecule has 0 radical (unpaired) electrons. The van der Waals surface area contributed by atoms with E-state index in [2.05, 4.69) is 39.9 Å². The second-order valence-corrected chi connectivity index (χ2v) is 6.05. The number of hydrogen-bond donors (Lipinski definition) is 1. The van der Waals surface area contributed by atoms with Crippen LogP contribution in [0.4, 0.5) is 0 Å². The smallest absolute Gasteiger partial charge is 0.105 e. The van der Waals surface area contributed by atoms with Gasteiger partial charge in [0.1, 0.15) is 6.04 Å². The van der Waals surface area contributed by atoms with E-state index in [9.17, 15) is 5.11 Å². The number of aliphatic hydroxyl groups is 1. The fraction of sp³-hybridized carbons (Fsp3) is 0.294. The van der Waals surface area contributed by atoms with Crippen LogP contribution < -0.4 is 0 Å². The SMILES string of the molecule is OC1CCCn2nc([C@@H]3c4ccccc4-c4cncn43)cc21. The summed E-state index contributed by atoms with van der Waals surface area (Å²) in [5.41, 5.74) is 5.53. The molecule has 2 aliphatic rings. The number of benzene rings is 1. The number of imidazole rings is 1. The highest BCUT2D eigenvalue weighted by Crippen LogP contribution is 2.42. The molecule has 1 unspecified atom stereocenters. The molecule has 0 amide bonds. The van der Waals surface area contributed by atoms with E-state index < -0.39 is 6.10 Å². The molecule has 5 nitrogen and oxygen atoms in total. The standard InChI is InChI=1S/C17H16N4O/c22-16-6-3-7-21-14(16)8-13(19-21)17-12-5-2-1-4-11(12)15-9-18-10-20(15)17/h1-2,4-5,8-10,16-17,22H,3,6-7H2/t16?,17-/m0/s1. The Morgan fingerprint density at radius 1 is 1.23 bits per heavy atom. The van der Waals surface area contributed by atoms with Crippen LogP contribution in [-0.2, 0) is 6.54 Å². The van der Waals surface area contributed by atoms with E-state index in [1.807, 2.05) is 17.2 Å². The third-order valence-electron chi connectivity index (χ3n) is 4.77. The molecular weight excluding hydrogens is 276 g/mol. The van der Waals surface area contributed by atoms with Crippen LogP contribution in [-0.4, -0.2) is 24.4 Å². The fourth-order valence-electron chi connectivity index (χ4n) is 3.75. The molecule has 0 saturated heterocycles. The Balaban J connectivity index is 1.70. The summed E-state index contributed by atoms with van der Waals surface area (Å²) < 4.78 is 4.13. The predicted molar refractivity (Wildman–Crippen MR) is 81.3 cm³/mol. The highest BCUT2D eigenvalue weighted by Gasteiger charge is 2.32. The van der Waals surface area contributed by atoms with Crippen LogP contribution in [0.2, 0.25) is 0 Å². The highest BCUT2D eigenvalue weighted by molar-refractivity contribution is 5.70. The maximum atomic E-state index is 10.2. The van der Waals surface area contributed by atoms with Gasteiger partial charge in [-0.1, -0.05) is 24.3 Å². The van der Waals surface area contributed by atoms with E-state index in [1.165, 1.54) is 11.1 Å². The number of aromatic nitrogens is 4. The molecule has 0 spiro atoms. The molecule has 2 atom stereocenters. The predicted octanol–water partition coefficient (Wildman–Crippen LogP) is 2.52. The summed E-state index contributed by atoms with van der Waals surface area (Å²) >= 11 is 0. The van der Waals surface area contributed by atoms with Crippen molar-refractivity contribution in [1.29, 1.82) is 0 Å². The Morgan fingerprint density at radius 3 is 3.05 bits per heavy atom. The van der Waals surface area contributed by atoms with Gasteiger partial charge in [-0.05, 0) is 24.5 Å². The molecule has 1 aromatic carbocycles. The number of hydrogen-bond acceptors (Lipinski definition) is 3. The minimum absolute atomic E-state index is 0.0546. The fourth-order valence-corrected chi connectivity index (χ4v) is 3.75. The van der Waals surface area contributed by atoms with E-state index in [1.54, 1.807) is 0 Å². The van der Waals surface area contributed by atoms with Gasteiger partial charge in [0, 0.05) is 12.1 Å². The third kappa shape index (κ3) is 1.51. The number of rotatable bonds is 1. The first kappa shape index (κ1) is 12.2. The zero-order chi connectivity index (χ0) is 14.7. The number of aliphatic hydroxyl groups excluding tert-OH is 1. The zero-order valence-electron chi connectivity index (χ0n) is 12.1. The second kappa shape index (κ2) is 4.30. The van der Waals surface area contributed by atoms with Crippen molar-refractivity contribution >= 4 is 0 Å². The number of fused-ring (bicyclic) bond motifs is 4. The maximum absolute atomic E-state index is 10.2. The van der Waals surface area contributed by atoms with Crippen molar-refractivity contribution in [2.24, 2.45) is 0 Å². The summed E-state index contributed by atoms with van der Waals surface area (Å²) in [6.45, 7) is 0.886. The minimum atomic E-state index is -0.395. The first-order valence-electron chi connectivity index (χ1n) is 7.70. The Morgan fingerprint density at radius 2 is 2.14 bits per heavy atom. The van der Waals surface area contributed by atoms with Crippen molar-refractivity contribution in [1.82, 2.24) is 19.3 Å². The quantitative estimate of drug-likeness (QED) is 0.586.